The Kier molecular flexibility index (Phi) is 3.50. The molecule has 0 saturated carbocycles. The molecule has 1 N–H and O–H groups in total. The van der Waals surface area contributed by atoms with Crippen molar-refractivity contribution in [2.45, 2.75) is 19.3 Å². The maximum absolute atomic E-state index is 13.0. The molecule has 0 spiro atoms. The van der Waals surface area contributed by atoms with Crippen molar-refractivity contribution in [1.82, 2.24) is 4.98 Å². The van der Waals surface area contributed by atoms with E-state index in [0.29, 0.717) is 5.13 Å². The summed E-state index contributed by atoms with van der Waals surface area (Å²) >= 11 is 1.50. The lowest BCUT2D eigenvalue weighted by atomic mass is 10.0. The average molecular weight is 362 g/mol. The highest BCUT2D eigenvalue weighted by Crippen LogP contribution is 2.39. The van der Waals surface area contributed by atoms with Crippen molar-refractivity contribution in [3.05, 3.63) is 71.0 Å². The Morgan fingerprint density at radius 2 is 1.92 bits per heavy atom. The number of rotatable bonds is 3. The summed E-state index contributed by atoms with van der Waals surface area (Å²) in [5.41, 5.74) is 4.48. The van der Waals surface area contributed by atoms with Crippen LogP contribution in [0.1, 0.15) is 16.7 Å². The van der Waals surface area contributed by atoms with Crippen LogP contribution in [-0.2, 0) is 24.1 Å². The van der Waals surface area contributed by atoms with Gasteiger partial charge in [-0.15, -0.1) is 0 Å². The lowest BCUT2D eigenvalue weighted by molar-refractivity contribution is -0.115. The summed E-state index contributed by atoms with van der Waals surface area (Å²) in [5, 5.41) is 5.99. The molecule has 1 aromatic heterocycles. The Hall–Kier alpha value is -2.79. The van der Waals surface area contributed by atoms with Crippen LogP contribution in [0.3, 0.4) is 0 Å². The van der Waals surface area contributed by atoms with E-state index in [1.54, 1.807) is 12.1 Å². The minimum atomic E-state index is -0.302. The van der Waals surface area contributed by atoms with E-state index >= 15 is 0 Å². The molecule has 3 nitrogen and oxygen atoms in total. The maximum Gasteiger partial charge on any atom is 0.230 e. The third-order valence-corrected chi connectivity index (χ3v) is 5.79. The molecule has 1 aliphatic carbocycles. The van der Waals surface area contributed by atoms with Gasteiger partial charge in [-0.3, -0.25) is 4.79 Å². The Balaban J connectivity index is 1.47. The Bertz CT molecular complexity index is 1160. The molecule has 1 aliphatic rings. The monoisotopic (exact) mass is 362 g/mol. The maximum atomic E-state index is 13.0. The zero-order chi connectivity index (χ0) is 17.7. The number of halogens is 1. The van der Waals surface area contributed by atoms with Crippen molar-refractivity contribution >= 4 is 43.4 Å². The van der Waals surface area contributed by atoms with Crippen molar-refractivity contribution < 1.29 is 9.18 Å². The van der Waals surface area contributed by atoms with Crippen LogP contribution in [0, 0.1) is 5.82 Å². The highest BCUT2D eigenvalue weighted by molar-refractivity contribution is 7.22. The first-order valence-electron chi connectivity index (χ1n) is 8.56. The van der Waals surface area contributed by atoms with Crippen LogP contribution in [-0.4, -0.2) is 10.9 Å². The predicted molar refractivity (Wildman–Crippen MR) is 103 cm³/mol. The number of hydrogen-bond donors (Lipinski definition) is 1. The summed E-state index contributed by atoms with van der Waals surface area (Å²) in [5.74, 6) is -0.447. The highest BCUT2D eigenvalue weighted by atomic mass is 32.1. The number of thiazole rings is 1. The Morgan fingerprint density at radius 1 is 1.12 bits per heavy atom. The fraction of sp³-hybridized carbons (Fsp3) is 0.143. The average Bonchev–Trinajstić information content (AvgIpc) is 3.22. The summed E-state index contributed by atoms with van der Waals surface area (Å²) < 4.78 is 14.1. The van der Waals surface area contributed by atoms with Crippen LogP contribution in [0.4, 0.5) is 9.52 Å². The molecule has 5 heteroatoms. The van der Waals surface area contributed by atoms with E-state index in [1.807, 2.05) is 0 Å². The highest BCUT2D eigenvalue weighted by Gasteiger charge is 2.19. The molecule has 1 heterocycles. The van der Waals surface area contributed by atoms with Crippen LogP contribution in [0.15, 0.2) is 48.5 Å². The van der Waals surface area contributed by atoms with Crippen LogP contribution < -0.4 is 5.32 Å². The first-order valence-corrected chi connectivity index (χ1v) is 9.37. The number of aryl methyl sites for hydroxylation is 2. The van der Waals surface area contributed by atoms with Gasteiger partial charge in [-0.1, -0.05) is 41.7 Å². The molecule has 128 valence electrons. The van der Waals surface area contributed by atoms with Crippen molar-refractivity contribution in [3.63, 3.8) is 0 Å². The number of amides is 1. The van der Waals surface area contributed by atoms with Crippen molar-refractivity contribution in [2.75, 3.05) is 5.32 Å². The second kappa shape index (κ2) is 5.88. The molecule has 0 atom stereocenters. The fourth-order valence-corrected chi connectivity index (χ4v) is 4.67. The van der Waals surface area contributed by atoms with Gasteiger partial charge in [0.2, 0.25) is 5.91 Å². The summed E-state index contributed by atoms with van der Waals surface area (Å²) in [6.45, 7) is 0. The zero-order valence-corrected chi connectivity index (χ0v) is 14.7. The smallest absolute Gasteiger partial charge is 0.230 e. The fourth-order valence-electron chi connectivity index (χ4n) is 3.71. The van der Waals surface area contributed by atoms with Crippen LogP contribution in [0.25, 0.3) is 21.0 Å². The van der Waals surface area contributed by atoms with Gasteiger partial charge in [0.15, 0.2) is 5.13 Å². The zero-order valence-electron chi connectivity index (χ0n) is 13.9. The van der Waals surface area contributed by atoms with Gasteiger partial charge in [0.05, 0.1) is 16.6 Å². The van der Waals surface area contributed by atoms with Gasteiger partial charge in [0, 0.05) is 5.39 Å². The number of nitrogens with one attached hydrogen (secondary N) is 1. The normalized spacial score (nSPS) is 12.8. The van der Waals surface area contributed by atoms with Gasteiger partial charge >= 0.3 is 0 Å². The van der Waals surface area contributed by atoms with Crippen LogP contribution in [0.2, 0.25) is 0 Å². The molecule has 0 bridgehead atoms. The Morgan fingerprint density at radius 3 is 2.77 bits per heavy atom. The van der Waals surface area contributed by atoms with E-state index in [-0.39, 0.29) is 18.1 Å². The van der Waals surface area contributed by atoms with Crippen molar-refractivity contribution in [3.8, 4) is 0 Å². The standard InChI is InChI=1S/C21H15FN2OS/c22-15-8-4-12(5-9-15)10-18(25)23-21-24-20-16-3-1-2-13-6-7-14(19(13)16)11-17(20)26-21/h1-5,8-9,11H,6-7,10H2,(H,23,24,25). The van der Waals surface area contributed by atoms with Gasteiger partial charge in [-0.25, -0.2) is 9.37 Å². The quantitative estimate of drug-likeness (QED) is 0.565. The summed E-state index contributed by atoms with van der Waals surface area (Å²) in [6.07, 6.45) is 2.35. The largest absolute Gasteiger partial charge is 0.302 e. The van der Waals surface area contributed by atoms with E-state index in [9.17, 15) is 9.18 Å². The van der Waals surface area contributed by atoms with E-state index in [4.69, 9.17) is 0 Å². The van der Waals surface area contributed by atoms with E-state index < -0.39 is 0 Å². The first-order chi connectivity index (χ1) is 12.7. The lowest BCUT2D eigenvalue weighted by Crippen LogP contribution is -2.14. The van der Waals surface area contributed by atoms with Gasteiger partial charge in [0.1, 0.15) is 5.82 Å². The summed E-state index contributed by atoms with van der Waals surface area (Å²) in [7, 11) is 0. The molecule has 0 radical (unpaired) electrons. The summed E-state index contributed by atoms with van der Waals surface area (Å²) in [6, 6.07) is 14.6. The number of carbonyl (C=O) groups excluding carboxylic acids is 1. The predicted octanol–water partition coefficient (Wildman–Crippen LogP) is 4.87. The number of carbonyl (C=O) groups is 1. The Labute approximate surface area is 153 Å². The van der Waals surface area contributed by atoms with E-state index in [1.165, 1.54) is 45.4 Å². The molecule has 4 aromatic rings. The molecule has 0 unspecified atom stereocenters. The number of hydrogen-bond acceptors (Lipinski definition) is 3. The molecule has 0 fully saturated rings. The van der Waals surface area contributed by atoms with Gasteiger partial charge in [-0.05, 0) is 53.1 Å². The number of fused-ring (bicyclic) bond motifs is 2. The number of aromatic nitrogens is 1. The third-order valence-electron chi connectivity index (χ3n) is 4.87. The molecule has 26 heavy (non-hydrogen) atoms. The van der Waals surface area contributed by atoms with E-state index in [2.05, 4.69) is 34.6 Å². The van der Waals surface area contributed by atoms with Gasteiger partial charge in [-0.2, -0.15) is 0 Å². The minimum Gasteiger partial charge on any atom is -0.302 e. The second-order valence-corrected chi connectivity index (χ2v) is 7.62. The van der Waals surface area contributed by atoms with Crippen molar-refractivity contribution in [1.29, 1.82) is 0 Å². The second-order valence-electron chi connectivity index (χ2n) is 6.59. The lowest BCUT2D eigenvalue weighted by Gasteiger charge is -2.02. The molecular weight excluding hydrogens is 347 g/mol. The number of anilines is 1. The minimum absolute atomic E-state index is 0.145. The first kappa shape index (κ1) is 15.5. The molecule has 3 aromatic carbocycles. The third kappa shape index (κ3) is 2.56. The van der Waals surface area contributed by atoms with Crippen LogP contribution >= 0.6 is 11.3 Å². The molecule has 0 aliphatic heterocycles. The van der Waals surface area contributed by atoms with Crippen LogP contribution in [0.5, 0.6) is 0 Å². The molecular formula is C21H15FN2OS. The SMILES string of the molecule is O=C(Cc1ccc(F)cc1)Nc1nc2c(cc3c4c(cccc42)CC3)s1. The van der Waals surface area contributed by atoms with Gasteiger partial charge in [0.25, 0.3) is 0 Å². The molecule has 5 rings (SSSR count). The van der Waals surface area contributed by atoms with Crippen molar-refractivity contribution in [2.24, 2.45) is 0 Å². The molecule has 0 saturated heterocycles. The number of benzene rings is 3. The number of nitrogens with zero attached hydrogens (tertiary/aromatic N) is 1. The van der Waals surface area contributed by atoms with E-state index in [0.717, 1.165) is 28.6 Å². The summed E-state index contributed by atoms with van der Waals surface area (Å²) in [4.78, 5) is 17.0. The van der Waals surface area contributed by atoms with Gasteiger partial charge < -0.3 is 5.32 Å². The molecule has 1 amide bonds. The topological polar surface area (TPSA) is 42.0 Å².